The smallest absolute Gasteiger partial charge is 0.191 e. The van der Waals surface area contributed by atoms with Crippen LogP contribution in [-0.4, -0.2) is 30.8 Å². The first-order chi connectivity index (χ1) is 12.5. The normalized spacial score (nSPS) is 12.5. The SMILES string of the molecule is CCC(CNC(=NC)NCc1ccc(O)c(F)c1)Oc1cccc(F)c1. The maximum Gasteiger partial charge on any atom is 0.191 e. The van der Waals surface area contributed by atoms with Crippen LogP contribution in [0.1, 0.15) is 18.9 Å². The monoisotopic (exact) mass is 363 g/mol. The Morgan fingerprint density at radius 1 is 1.19 bits per heavy atom. The van der Waals surface area contributed by atoms with Gasteiger partial charge < -0.3 is 20.5 Å². The highest BCUT2D eigenvalue weighted by Gasteiger charge is 2.10. The summed E-state index contributed by atoms with van der Waals surface area (Å²) >= 11 is 0. The third-order valence-corrected chi connectivity index (χ3v) is 3.75. The van der Waals surface area contributed by atoms with Crippen molar-refractivity contribution in [1.82, 2.24) is 10.6 Å². The van der Waals surface area contributed by atoms with Gasteiger partial charge in [-0.25, -0.2) is 8.78 Å². The van der Waals surface area contributed by atoms with Crippen molar-refractivity contribution in [3.8, 4) is 11.5 Å². The van der Waals surface area contributed by atoms with Gasteiger partial charge in [-0.2, -0.15) is 0 Å². The van der Waals surface area contributed by atoms with Gasteiger partial charge in [0, 0.05) is 19.7 Å². The average molecular weight is 363 g/mol. The van der Waals surface area contributed by atoms with E-state index in [2.05, 4.69) is 15.6 Å². The minimum absolute atomic E-state index is 0.165. The molecule has 0 radical (unpaired) electrons. The van der Waals surface area contributed by atoms with Gasteiger partial charge in [0.2, 0.25) is 0 Å². The fraction of sp³-hybridized carbons (Fsp3) is 0.316. The number of aromatic hydroxyl groups is 1. The number of guanidine groups is 1. The molecule has 0 aliphatic rings. The number of nitrogens with zero attached hydrogens (tertiary/aromatic N) is 1. The van der Waals surface area contributed by atoms with Crippen LogP contribution in [0.4, 0.5) is 8.78 Å². The third-order valence-electron chi connectivity index (χ3n) is 3.75. The lowest BCUT2D eigenvalue weighted by Crippen LogP contribution is -2.42. The molecule has 2 aromatic carbocycles. The highest BCUT2D eigenvalue weighted by molar-refractivity contribution is 5.79. The van der Waals surface area contributed by atoms with Crippen LogP contribution in [0.25, 0.3) is 0 Å². The molecule has 0 saturated heterocycles. The van der Waals surface area contributed by atoms with Crippen molar-refractivity contribution in [2.75, 3.05) is 13.6 Å². The van der Waals surface area contributed by atoms with E-state index in [-0.39, 0.29) is 17.7 Å². The molecule has 0 aliphatic carbocycles. The molecule has 7 heteroatoms. The van der Waals surface area contributed by atoms with Crippen molar-refractivity contribution in [1.29, 1.82) is 0 Å². The van der Waals surface area contributed by atoms with E-state index < -0.39 is 5.82 Å². The van der Waals surface area contributed by atoms with Crippen LogP contribution >= 0.6 is 0 Å². The summed E-state index contributed by atoms with van der Waals surface area (Å²) in [5.74, 6) is -0.386. The predicted molar refractivity (Wildman–Crippen MR) is 97.4 cm³/mol. The van der Waals surface area contributed by atoms with E-state index in [0.29, 0.717) is 30.4 Å². The van der Waals surface area contributed by atoms with E-state index in [1.807, 2.05) is 6.92 Å². The quantitative estimate of drug-likeness (QED) is 0.522. The van der Waals surface area contributed by atoms with Crippen molar-refractivity contribution in [2.45, 2.75) is 26.0 Å². The second-order valence-electron chi connectivity index (χ2n) is 5.70. The van der Waals surface area contributed by atoms with Crippen LogP contribution in [0.5, 0.6) is 11.5 Å². The van der Waals surface area contributed by atoms with Crippen molar-refractivity contribution < 1.29 is 18.6 Å². The Morgan fingerprint density at radius 2 is 2.00 bits per heavy atom. The zero-order valence-corrected chi connectivity index (χ0v) is 14.8. The molecule has 0 spiro atoms. The molecule has 1 unspecified atom stereocenters. The zero-order chi connectivity index (χ0) is 18.9. The molecule has 5 nitrogen and oxygen atoms in total. The highest BCUT2D eigenvalue weighted by Crippen LogP contribution is 2.16. The van der Waals surface area contributed by atoms with Gasteiger partial charge in [-0.05, 0) is 36.2 Å². The summed E-state index contributed by atoms with van der Waals surface area (Å²) in [5, 5.41) is 15.4. The maximum atomic E-state index is 13.4. The Morgan fingerprint density at radius 3 is 2.65 bits per heavy atom. The number of benzene rings is 2. The molecule has 0 amide bonds. The van der Waals surface area contributed by atoms with Gasteiger partial charge in [0.15, 0.2) is 17.5 Å². The number of phenols is 1. The fourth-order valence-electron chi connectivity index (χ4n) is 2.28. The zero-order valence-electron chi connectivity index (χ0n) is 14.8. The summed E-state index contributed by atoms with van der Waals surface area (Å²) in [6.45, 7) is 2.79. The van der Waals surface area contributed by atoms with Crippen LogP contribution in [-0.2, 0) is 6.54 Å². The Hall–Kier alpha value is -2.83. The minimum atomic E-state index is -0.665. The van der Waals surface area contributed by atoms with Gasteiger partial charge in [0.25, 0.3) is 0 Å². The van der Waals surface area contributed by atoms with Crippen LogP contribution < -0.4 is 15.4 Å². The van der Waals surface area contributed by atoms with E-state index in [1.54, 1.807) is 25.2 Å². The second kappa shape index (κ2) is 9.60. The average Bonchev–Trinajstić information content (AvgIpc) is 2.63. The minimum Gasteiger partial charge on any atom is -0.505 e. The Balaban J connectivity index is 1.85. The molecule has 0 aliphatic heterocycles. The largest absolute Gasteiger partial charge is 0.505 e. The molecule has 0 saturated carbocycles. The van der Waals surface area contributed by atoms with Gasteiger partial charge in [0.05, 0.1) is 6.54 Å². The number of aliphatic imine (C=N–C) groups is 1. The maximum absolute atomic E-state index is 13.4. The van der Waals surface area contributed by atoms with Gasteiger partial charge in [0.1, 0.15) is 17.7 Å². The molecule has 2 rings (SSSR count). The number of nitrogens with one attached hydrogen (secondary N) is 2. The number of halogens is 2. The standard InChI is InChI=1S/C19H23F2N3O2/c1-3-15(26-16-6-4-5-14(20)10-16)12-24-19(22-2)23-11-13-7-8-18(25)17(21)9-13/h4-10,15,25H,3,11-12H2,1-2H3,(H2,22,23,24). The molecule has 1 atom stereocenters. The van der Waals surface area contributed by atoms with Crippen molar-refractivity contribution in [3.05, 3.63) is 59.7 Å². The second-order valence-corrected chi connectivity index (χ2v) is 5.70. The lowest BCUT2D eigenvalue weighted by atomic mass is 10.2. The summed E-state index contributed by atoms with van der Waals surface area (Å²) in [4.78, 5) is 4.11. The molecule has 140 valence electrons. The lowest BCUT2D eigenvalue weighted by molar-refractivity contribution is 0.199. The van der Waals surface area contributed by atoms with Crippen molar-refractivity contribution in [3.63, 3.8) is 0 Å². The number of hydrogen-bond donors (Lipinski definition) is 3. The summed E-state index contributed by atoms with van der Waals surface area (Å²) in [6.07, 6.45) is 0.561. The molecular formula is C19H23F2N3O2. The predicted octanol–water partition coefficient (Wildman–Crippen LogP) is 3.19. The third kappa shape index (κ3) is 5.91. The first-order valence-electron chi connectivity index (χ1n) is 8.36. The molecule has 0 heterocycles. The topological polar surface area (TPSA) is 65.9 Å². The summed E-state index contributed by atoms with van der Waals surface area (Å²) in [7, 11) is 1.63. The van der Waals surface area contributed by atoms with E-state index in [9.17, 15) is 13.9 Å². The van der Waals surface area contributed by atoms with Crippen molar-refractivity contribution in [2.24, 2.45) is 4.99 Å². The first-order valence-corrected chi connectivity index (χ1v) is 8.36. The van der Waals surface area contributed by atoms with Crippen LogP contribution in [0, 0.1) is 11.6 Å². The molecule has 2 aromatic rings. The van der Waals surface area contributed by atoms with Gasteiger partial charge in [-0.3, -0.25) is 4.99 Å². The van der Waals surface area contributed by atoms with Crippen LogP contribution in [0.3, 0.4) is 0 Å². The number of ether oxygens (including phenoxy) is 1. The Kier molecular flexibility index (Phi) is 7.20. The summed E-state index contributed by atoms with van der Waals surface area (Å²) < 4.78 is 32.4. The van der Waals surface area contributed by atoms with Crippen LogP contribution in [0.2, 0.25) is 0 Å². The summed E-state index contributed by atoms with van der Waals surface area (Å²) in [6, 6.07) is 10.2. The Labute approximate surface area is 151 Å². The van der Waals surface area contributed by atoms with E-state index in [0.717, 1.165) is 6.42 Å². The Bertz CT molecular complexity index is 753. The molecule has 0 bridgehead atoms. The van der Waals surface area contributed by atoms with Gasteiger partial charge >= 0.3 is 0 Å². The van der Waals surface area contributed by atoms with Gasteiger partial charge in [-0.1, -0.05) is 19.1 Å². The highest BCUT2D eigenvalue weighted by atomic mass is 19.1. The number of rotatable bonds is 7. The van der Waals surface area contributed by atoms with Crippen LogP contribution in [0.15, 0.2) is 47.5 Å². The fourth-order valence-corrected chi connectivity index (χ4v) is 2.28. The molecular weight excluding hydrogens is 340 g/mol. The van der Waals surface area contributed by atoms with Crippen molar-refractivity contribution >= 4 is 5.96 Å². The molecule has 3 N–H and O–H groups in total. The summed E-state index contributed by atoms with van der Waals surface area (Å²) in [5.41, 5.74) is 0.673. The molecule has 26 heavy (non-hydrogen) atoms. The lowest BCUT2D eigenvalue weighted by Gasteiger charge is -2.20. The number of hydrogen-bond acceptors (Lipinski definition) is 3. The first kappa shape index (κ1) is 19.5. The molecule has 0 aromatic heterocycles. The van der Waals surface area contributed by atoms with E-state index in [1.165, 1.54) is 24.3 Å². The molecule has 0 fully saturated rings. The number of phenolic OH excluding ortho intramolecular Hbond substituents is 1. The van der Waals surface area contributed by atoms with E-state index in [4.69, 9.17) is 4.74 Å². The van der Waals surface area contributed by atoms with Gasteiger partial charge in [-0.15, -0.1) is 0 Å². The van der Waals surface area contributed by atoms with E-state index >= 15 is 0 Å².